The van der Waals surface area contributed by atoms with Gasteiger partial charge in [-0.3, -0.25) is 9.59 Å². The third-order valence-electron chi connectivity index (χ3n) is 4.13. The van der Waals surface area contributed by atoms with Gasteiger partial charge >= 0.3 is 5.97 Å². The van der Waals surface area contributed by atoms with E-state index in [2.05, 4.69) is 16.4 Å². The number of hydrogen-bond acceptors (Lipinski definition) is 5. The predicted molar refractivity (Wildman–Crippen MR) is 106 cm³/mol. The van der Waals surface area contributed by atoms with Gasteiger partial charge in [-0.2, -0.15) is 0 Å². The lowest BCUT2D eigenvalue weighted by Gasteiger charge is -2.07. The summed E-state index contributed by atoms with van der Waals surface area (Å²) >= 11 is 1.67. The normalized spacial score (nSPS) is 10.8. The maximum absolute atomic E-state index is 12.8. The van der Waals surface area contributed by atoms with Gasteiger partial charge < -0.3 is 10.1 Å². The summed E-state index contributed by atoms with van der Waals surface area (Å²) in [4.78, 5) is 28.0. The average Bonchev–Trinajstić information content (AvgIpc) is 3.12. The molecule has 1 aromatic heterocycles. The van der Waals surface area contributed by atoms with E-state index in [-0.39, 0.29) is 37.3 Å². The summed E-state index contributed by atoms with van der Waals surface area (Å²) in [5, 5.41) is 3.69. The summed E-state index contributed by atoms with van der Waals surface area (Å²) < 4.78 is 19.0. The number of esters is 1. The molecule has 146 valence electrons. The number of carbonyl (C=O) groups excluding carboxylic acids is 2. The maximum atomic E-state index is 12.8. The van der Waals surface area contributed by atoms with E-state index in [1.54, 1.807) is 23.5 Å². The minimum Gasteiger partial charge on any atom is -0.456 e. The molecule has 1 heterocycles. The van der Waals surface area contributed by atoms with Gasteiger partial charge in [0.05, 0.1) is 15.2 Å². The minimum atomic E-state index is -0.388. The zero-order valence-corrected chi connectivity index (χ0v) is 16.1. The van der Waals surface area contributed by atoms with Crippen molar-refractivity contribution in [2.45, 2.75) is 32.2 Å². The molecule has 0 bridgehead atoms. The standard InChI is InChI=1S/C21H21FN2O3S/c22-16-11-9-15(10-12-16)13-23-19(25)14-27-21(26)8-4-3-7-20-24-17-5-1-2-6-18(17)28-20/h1-2,5-6,9-12H,3-4,7-8,13-14H2,(H,23,25). The van der Waals surface area contributed by atoms with Crippen molar-refractivity contribution >= 4 is 33.4 Å². The summed E-state index contributed by atoms with van der Waals surface area (Å²) in [6.07, 6.45) is 2.62. The van der Waals surface area contributed by atoms with Crippen LogP contribution in [0.3, 0.4) is 0 Å². The average molecular weight is 400 g/mol. The van der Waals surface area contributed by atoms with Crippen molar-refractivity contribution in [1.29, 1.82) is 0 Å². The second-order valence-electron chi connectivity index (χ2n) is 6.35. The molecule has 1 N–H and O–H groups in total. The van der Waals surface area contributed by atoms with Crippen LogP contribution < -0.4 is 5.32 Å². The van der Waals surface area contributed by atoms with Crippen molar-refractivity contribution in [3.05, 3.63) is 64.9 Å². The lowest BCUT2D eigenvalue weighted by Crippen LogP contribution is -2.28. The van der Waals surface area contributed by atoms with Gasteiger partial charge in [-0.1, -0.05) is 24.3 Å². The number of nitrogens with one attached hydrogen (secondary N) is 1. The first kappa shape index (κ1) is 19.9. The molecule has 3 aromatic rings. The van der Waals surface area contributed by atoms with Crippen molar-refractivity contribution in [2.75, 3.05) is 6.61 Å². The van der Waals surface area contributed by atoms with E-state index in [1.165, 1.54) is 16.8 Å². The van der Waals surface area contributed by atoms with Crippen LogP contribution in [-0.4, -0.2) is 23.5 Å². The Kier molecular flexibility index (Phi) is 7.08. The number of amides is 1. The zero-order chi connectivity index (χ0) is 19.8. The van der Waals surface area contributed by atoms with Gasteiger partial charge in [-0.05, 0) is 49.1 Å². The summed E-state index contributed by atoms with van der Waals surface area (Å²) in [7, 11) is 0. The largest absolute Gasteiger partial charge is 0.456 e. The van der Waals surface area contributed by atoms with Crippen LogP contribution in [-0.2, 0) is 27.3 Å². The number of ether oxygens (including phenoxy) is 1. The maximum Gasteiger partial charge on any atom is 0.306 e. The topological polar surface area (TPSA) is 68.3 Å². The number of thiazole rings is 1. The number of halogens is 1. The Morgan fingerprint density at radius 3 is 2.64 bits per heavy atom. The van der Waals surface area contributed by atoms with E-state index >= 15 is 0 Å². The molecule has 0 aliphatic carbocycles. The van der Waals surface area contributed by atoms with Crippen LogP contribution in [0.1, 0.15) is 29.8 Å². The first-order valence-corrected chi connectivity index (χ1v) is 9.93. The van der Waals surface area contributed by atoms with Gasteiger partial charge in [0, 0.05) is 13.0 Å². The fraction of sp³-hybridized carbons (Fsp3) is 0.286. The lowest BCUT2D eigenvalue weighted by molar-refractivity contribution is -0.148. The quantitative estimate of drug-likeness (QED) is 0.435. The monoisotopic (exact) mass is 400 g/mol. The number of carbonyl (C=O) groups is 2. The van der Waals surface area contributed by atoms with Crippen molar-refractivity contribution < 1.29 is 18.7 Å². The highest BCUT2D eigenvalue weighted by Gasteiger charge is 2.08. The van der Waals surface area contributed by atoms with E-state index in [1.807, 2.05) is 18.2 Å². The molecule has 0 spiro atoms. The molecule has 3 rings (SSSR count). The molecule has 0 aliphatic rings. The number of aryl methyl sites for hydroxylation is 1. The van der Waals surface area contributed by atoms with Crippen LogP contribution in [0.15, 0.2) is 48.5 Å². The number of benzene rings is 2. The molecule has 0 saturated carbocycles. The SMILES string of the molecule is O=C(COC(=O)CCCCc1nc2ccccc2s1)NCc1ccc(F)cc1. The third-order valence-corrected chi connectivity index (χ3v) is 5.22. The van der Waals surface area contributed by atoms with Gasteiger partial charge in [-0.25, -0.2) is 9.37 Å². The van der Waals surface area contributed by atoms with Gasteiger partial charge in [0.15, 0.2) is 6.61 Å². The van der Waals surface area contributed by atoms with E-state index < -0.39 is 0 Å². The predicted octanol–water partition coefficient (Wildman–Crippen LogP) is 4.01. The molecule has 0 unspecified atom stereocenters. The Morgan fingerprint density at radius 1 is 1.07 bits per heavy atom. The summed E-state index contributed by atoms with van der Waals surface area (Å²) in [5.74, 6) is -1.10. The van der Waals surface area contributed by atoms with Gasteiger partial charge in [-0.15, -0.1) is 11.3 Å². The Labute approximate surface area is 166 Å². The summed E-state index contributed by atoms with van der Waals surface area (Å²) in [6.45, 7) is -0.0449. The number of hydrogen-bond donors (Lipinski definition) is 1. The van der Waals surface area contributed by atoms with Crippen molar-refractivity contribution in [3.63, 3.8) is 0 Å². The Morgan fingerprint density at radius 2 is 1.86 bits per heavy atom. The molecular weight excluding hydrogens is 379 g/mol. The van der Waals surface area contributed by atoms with Gasteiger partial charge in [0.25, 0.3) is 5.91 Å². The number of nitrogens with zero attached hydrogens (tertiary/aromatic N) is 1. The van der Waals surface area contributed by atoms with Crippen LogP contribution in [0.5, 0.6) is 0 Å². The zero-order valence-electron chi connectivity index (χ0n) is 15.3. The Hall–Kier alpha value is -2.80. The second-order valence-corrected chi connectivity index (χ2v) is 7.46. The highest BCUT2D eigenvalue weighted by Crippen LogP contribution is 2.22. The Balaban J connectivity index is 1.28. The van der Waals surface area contributed by atoms with E-state index in [0.29, 0.717) is 6.42 Å². The number of unbranched alkanes of at least 4 members (excludes halogenated alkanes) is 1. The number of rotatable bonds is 9. The van der Waals surface area contributed by atoms with Crippen molar-refractivity contribution in [1.82, 2.24) is 10.3 Å². The van der Waals surface area contributed by atoms with Crippen LogP contribution in [0, 0.1) is 5.82 Å². The minimum absolute atomic E-state index is 0.263. The smallest absolute Gasteiger partial charge is 0.306 e. The molecule has 28 heavy (non-hydrogen) atoms. The summed E-state index contributed by atoms with van der Waals surface area (Å²) in [6, 6.07) is 13.8. The van der Waals surface area contributed by atoms with Crippen molar-refractivity contribution in [3.8, 4) is 0 Å². The van der Waals surface area contributed by atoms with Crippen LogP contribution in [0.25, 0.3) is 10.2 Å². The molecule has 0 saturated heterocycles. The lowest BCUT2D eigenvalue weighted by atomic mass is 10.2. The van der Waals surface area contributed by atoms with Gasteiger partial charge in [0.1, 0.15) is 5.82 Å². The van der Waals surface area contributed by atoms with Crippen molar-refractivity contribution in [2.24, 2.45) is 0 Å². The fourth-order valence-electron chi connectivity index (χ4n) is 2.64. The van der Waals surface area contributed by atoms with Gasteiger partial charge in [0.2, 0.25) is 0 Å². The molecule has 0 atom stereocenters. The fourth-order valence-corrected chi connectivity index (χ4v) is 3.65. The molecule has 7 heteroatoms. The number of para-hydroxylation sites is 1. The number of fused-ring (bicyclic) bond motifs is 1. The van der Waals surface area contributed by atoms with E-state index in [0.717, 1.165) is 28.9 Å². The first-order chi connectivity index (χ1) is 13.6. The van der Waals surface area contributed by atoms with E-state index in [9.17, 15) is 14.0 Å². The molecule has 0 fully saturated rings. The molecule has 1 amide bonds. The summed E-state index contributed by atoms with van der Waals surface area (Å²) in [5.41, 5.74) is 1.78. The molecule has 0 radical (unpaired) electrons. The third kappa shape index (κ3) is 6.13. The molecule has 0 aliphatic heterocycles. The van der Waals surface area contributed by atoms with E-state index in [4.69, 9.17) is 4.74 Å². The number of aromatic nitrogens is 1. The molecule has 2 aromatic carbocycles. The highest BCUT2D eigenvalue weighted by molar-refractivity contribution is 7.18. The first-order valence-electron chi connectivity index (χ1n) is 9.11. The van der Waals surface area contributed by atoms with Crippen LogP contribution in [0.2, 0.25) is 0 Å². The Bertz CT molecular complexity index is 907. The molecular formula is C21H21FN2O3S. The highest BCUT2D eigenvalue weighted by atomic mass is 32.1. The van der Waals surface area contributed by atoms with Crippen LogP contribution >= 0.6 is 11.3 Å². The molecule has 5 nitrogen and oxygen atoms in total. The van der Waals surface area contributed by atoms with Crippen LogP contribution in [0.4, 0.5) is 4.39 Å². The second kappa shape index (κ2) is 9.94.